The number of hydrogen-bond donors (Lipinski definition) is 2. The predicted molar refractivity (Wildman–Crippen MR) is 81.0 cm³/mol. The molecule has 2 heterocycles. The van der Waals surface area contributed by atoms with E-state index in [4.69, 9.17) is 0 Å². The normalized spacial score (nSPS) is 23.7. The number of hydrogen-bond acceptors (Lipinski definition) is 4. The average molecular weight is 348 g/mol. The molecule has 0 aliphatic carbocycles. The van der Waals surface area contributed by atoms with Crippen LogP contribution in [0.3, 0.4) is 0 Å². The molecule has 1 aromatic rings. The number of carbonyl (C=O) groups excluding carboxylic acids is 1. The molecule has 18 heavy (non-hydrogen) atoms. The highest BCUT2D eigenvalue weighted by molar-refractivity contribution is 9.11. The summed E-state index contributed by atoms with van der Waals surface area (Å²) in [5.74, 6) is 1.50. The van der Waals surface area contributed by atoms with Crippen molar-refractivity contribution in [3.05, 3.63) is 26.9 Å². The van der Waals surface area contributed by atoms with E-state index in [9.17, 15) is 9.90 Å². The van der Waals surface area contributed by atoms with Crippen molar-refractivity contribution in [1.29, 1.82) is 0 Å². The molecule has 3 nitrogen and oxygen atoms in total. The third kappa shape index (κ3) is 4.12. The lowest BCUT2D eigenvalue weighted by Gasteiger charge is -2.20. The van der Waals surface area contributed by atoms with Gasteiger partial charge in [-0.2, -0.15) is 11.8 Å². The fourth-order valence-corrected chi connectivity index (χ4v) is 4.24. The Bertz CT molecular complexity index is 453. The van der Waals surface area contributed by atoms with Crippen LogP contribution in [0.2, 0.25) is 0 Å². The highest BCUT2D eigenvalue weighted by atomic mass is 79.9. The standard InChI is InChI=1S/C12H14BrNO2S2/c13-10-3-1-9(18-10)2-4-11(15)14-7-12(16)5-6-17-8-12/h1-4,16H,5-8H2,(H,14,15). The first-order valence-electron chi connectivity index (χ1n) is 5.59. The monoisotopic (exact) mass is 347 g/mol. The minimum Gasteiger partial charge on any atom is -0.387 e. The largest absolute Gasteiger partial charge is 0.387 e. The molecule has 1 aliphatic heterocycles. The van der Waals surface area contributed by atoms with Crippen molar-refractivity contribution in [2.24, 2.45) is 0 Å². The maximum absolute atomic E-state index is 11.6. The summed E-state index contributed by atoms with van der Waals surface area (Å²) in [6.07, 6.45) is 4.03. The predicted octanol–water partition coefficient (Wildman–Crippen LogP) is 2.51. The molecular weight excluding hydrogens is 334 g/mol. The maximum Gasteiger partial charge on any atom is 0.244 e. The number of amides is 1. The Morgan fingerprint density at radius 1 is 1.61 bits per heavy atom. The van der Waals surface area contributed by atoms with Gasteiger partial charge in [0, 0.05) is 23.3 Å². The Morgan fingerprint density at radius 3 is 3.06 bits per heavy atom. The number of halogens is 1. The number of nitrogens with one attached hydrogen (secondary N) is 1. The molecule has 1 saturated heterocycles. The van der Waals surface area contributed by atoms with Gasteiger partial charge in [0.25, 0.3) is 0 Å². The van der Waals surface area contributed by atoms with Crippen molar-refractivity contribution in [3.8, 4) is 0 Å². The minimum atomic E-state index is -0.722. The highest BCUT2D eigenvalue weighted by Crippen LogP contribution is 2.27. The molecule has 2 N–H and O–H groups in total. The van der Waals surface area contributed by atoms with E-state index in [0.29, 0.717) is 12.3 Å². The Balaban J connectivity index is 1.80. The molecule has 98 valence electrons. The topological polar surface area (TPSA) is 49.3 Å². The summed E-state index contributed by atoms with van der Waals surface area (Å²) in [4.78, 5) is 12.6. The van der Waals surface area contributed by atoms with Gasteiger partial charge in [-0.05, 0) is 46.3 Å². The summed E-state index contributed by atoms with van der Waals surface area (Å²) in [7, 11) is 0. The summed E-state index contributed by atoms with van der Waals surface area (Å²) in [6, 6.07) is 3.89. The average Bonchev–Trinajstić information content (AvgIpc) is 2.94. The number of thioether (sulfide) groups is 1. The van der Waals surface area contributed by atoms with E-state index in [2.05, 4.69) is 21.2 Å². The molecule has 1 fully saturated rings. The van der Waals surface area contributed by atoms with Crippen LogP contribution < -0.4 is 5.32 Å². The lowest BCUT2D eigenvalue weighted by atomic mass is 10.0. The minimum absolute atomic E-state index is 0.162. The molecule has 1 atom stereocenters. The van der Waals surface area contributed by atoms with E-state index in [1.807, 2.05) is 12.1 Å². The first-order chi connectivity index (χ1) is 8.57. The summed E-state index contributed by atoms with van der Waals surface area (Å²) in [5.41, 5.74) is -0.722. The second-order valence-electron chi connectivity index (χ2n) is 4.22. The first kappa shape index (κ1) is 14.1. The zero-order valence-corrected chi connectivity index (χ0v) is 12.9. The number of rotatable bonds is 4. The van der Waals surface area contributed by atoms with Crippen LogP contribution >= 0.6 is 39.0 Å². The SMILES string of the molecule is O=C(C=Cc1ccc(Br)s1)NCC1(O)CCSC1. The Hall–Kier alpha value is -0.300. The fraction of sp³-hybridized carbons (Fsp3) is 0.417. The molecule has 1 amide bonds. The van der Waals surface area contributed by atoms with E-state index in [1.165, 1.54) is 6.08 Å². The van der Waals surface area contributed by atoms with Crippen molar-refractivity contribution in [3.63, 3.8) is 0 Å². The van der Waals surface area contributed by atoms with Crippen molar-refractivity contribution in [1.82, 2.24) is 5.32 Å². The molecule has 1 aliphatic rings. The molecule has 0 aromatic carbocycles. The molecule has 0 spiro atoms. The van der Waals surface area contributed by atoms with Crippen LogP contribution in [0.25, 0.3) is 6.08 Å². The summed E-state index contributed by atoms with van der Waals surface area (Å²) >= 11 is 6.66. The fourth-order valence-electron chi connectivity index (χ4n) is 1.62. The van der Waals surface area contributed by atoms with Crippen LogP contribution in [-0.4, -0.2) is 34.7 Å². The molecule has 0 saturated carbocycles. The quantitative estimate of drug-likeness (QED) is 0.822. The molecule has 0 bridgehead atoms. The van der Waals surface area contributed by atoms with Crippen LogP contribution in [0.4, 0.5) is 0 Å². The maximum atomic E-state index is 11.6. The van der Waals surface area contributed by atoms with Gasteiger partial charge in [0.15, 0.2) is 0 Å². The van der Waals surface area contributed by atoms with Crippen LogP contribution in [0.1, 0.15) is 11.3 Å². The summed E-state index contributed by atoms with van der Waals surface area (Å²) in [6.45, 7) is 0.331. The van der Waals surface area contributed by atoms with E-state index in [1.54, 1.807) is 29.2 Å². The van der Waals surface area contributed by atoms with Gasteiger partial charge in [-0.25, -0.2) is 0 Å². The van der Waals surface area contributed by atoms with Crippen LogP contribution in [0.5, 0.6) is 0 Å². The second kappa shape index (κ2) is 6.23. The number of carbonyl (C=O) groups is 1. The molecule has 1 aromatic heterocycles. The molecule has 0 radical (unpaired) electrons. The van der Waals surface area contributed by atoms with E-state index in [-0.39, 0.29) is 5.91 Å². The van der Waals surface area contributed by atoms with Gasteiger partial charge in [0.2, 0.25) is 5.91 Å². The van der Waals surface area contributed by atoms with Crippen molar-refractivity contribution >= 4 is 51.0 Å². The van der Waals surface area contributed by atoms with E-state index >= 15 is 0 Å². The zero-order valence-electron chi connectivity index (χ0n) is 9.69. The Kier molecular flexibility index (Phi) is 4.89. The zero-order chi connectivity index (χ0) is 13.0. The highest BCUT2D eigenvalue weighted by Gasteiger charge is 2.31. The molecule has 1 unspecified atom stereocenters. The molecular formula is C12H14BrNO2S2. The van der Waals surface area contributed by atoms with Gasteiger partial charge < -0.3 is 10.4 Å². The number of thiophene rings is 1. The summed E-state index contributed by atoms with van der Waals surface area (Å²) < 4.78 is 1.04. The lowest BCUT2D eigenvalue weighted by Crippen LogP contribution is -2.42. The van der Waals surface area contributed by atoms with Crippen molar-refractivity contribution < 1.29 is 9.90 Å². The van der Waals surface area contributed by atoms with Gasteiger partial charge in [-0.15, -0.1) is 11.3 Å². The Morgan fingerprint density at radius 2 is 2.44 bits per heavy atom. The van der Waals surface area contributed by atoms with Crippen LogP contribution in [0, 0.1) is 0 Å². The smallest absolute Gasteiger partial charge is 0.244 e. The molecule has 2 rings (SSSR count). The van der Waals surface area contributed by atoms with Gasteiger partial charge >= 0.3 is 0 Å². The lowest BCUT2D eigenvalue weighted by molar-refractivity contribution is -0.117. The summed E-state index contributed by atoms with van der Waals surface area (Å²) in [5, 5.41) is 12.8. The van der Waals surface area contributed by atoms with Crippen molar-refractivity contribution in [2.45, 2.75) is 12.0 Å². The van der Waals surface area contributed by atoms with Gasteiger partial charge in [0.05, 0.1) is 9.39 Å². The Labute approximate surface area is 123 Å². The van der Waals surface area contributed by atoms with Crippen LogP contribution in [-0.2, 0) is 4.79 Å². The third-order valence-electron chi connectivity index (χ3n) is 2.67. The van der Waals surface area contributed by atoms with Crippen LogP contribution in [0.15, 0.2) is 22.0 Å². The second-order valence-corrected chi connectivity index (χ2v) is 7.82. The van der Waals surface area contributed by atoms with Gasteiger partial charge in [-0.1, -0.05) is 0 Å². The van der Waals surface area contributed by atoms with Gasteiger partial charge in [0.1, 0.15) is 0 Å². The van der Waals surface area contributed by atoms with E-state index in [0.717, 1.165) is 20.8 Å². The third-order valence-corrected chi connectivity index (χ3v) is 5.49. The van der Waals surface area contributed by atoms with Crippen molar-refractivity contribution in [2.75, 3.05) is 18.1 Å². The molecule has 6 heteroatoms. The van der Waals surface area contributed by atoms with E-state index < -0.39 is 5.60 Å². The van der Waals surface area contributed by atoms with Gasteiger partial charge in [-0.3, -0.25) is 4.79 Å². The first-order valence-corrected chi connectivity index (χ1v) is 8.35. The number of aliphatic hydroxyl groups is 1.